The van der Waals surface area contributed by atoms with Crippen LogP contribution >= 0.6 is 11.3 Å². The number of hydrogen-bond donors (Lipinski definition) is 0. The minimum absolute atomic E-state index is 0.0772. The van der Waals surface area contributed by atoms with Gasteiger partial charge in [0.05, 0.1) is 6.20 Å². The minimum atomic E-state index is 0.0772. The standard InChI is InChI=1S/C20H24N4OS/c1-14-12-15(2)24-19(22-14)18(13-21-24)20(25)23-10-4-3-6-16(23)8-9-17-7-5-11-26-17/h5,7,11-13,16H,3-4,6,8-10H2,1-2H3/t16-/m0/s1. The van der Waals surface area contributed by atoms with Gasteiger partial charge in [0.2, 0.25) is 0 Å². The molecule has 0 saturated carbocycles. The number of nitrogens with zero attached hydrogens (tertiary/aromatic N) is 4. The second kappa shape index (κ2) is 7.19. The third kappa shape index (κ3) is 3.26. The van der Waals surface area contributed by atoms with E-state index in [1.807, 2.05) is 19.9 Å². The molecule has 6 heteroatoms. The molecule has 0 aliphatic carbocycles. The topological polar surface area (TPSA) is 50.5 Å². The highest BCUT2D eigenvalue weighted by Gasteiger charge is 2.29. The first-order valence-electron chi connectivity index (χ1n) is 9.29. The number of carbonyl (C=O) groups excluding carboxylic acids is 1. The van der Waals surface area contributed by atoms with Crippen LogP contribution in [-0.2, 0) is 6.42 Å². The zero-order chi connectivity index (χ0) is 18.1. The maximum absolute atomic E-state index is 13.3. The summed E-state index contributed by atoms with van der Waals surface area (Å²) in [6, 6.07) is 6.57. The van der Waals surface area contributed by atoms with E-state index in [1.54, 1.807) is 22.0 Å². The van der Waals surface area contributed by atoms with Gasteiger partial charge in [-0.05, 0) is 63.5 Å². The molecule has 1 aliphatic heterocycles. The number of aryl methyl sites for hydroxylation is 3. The highest BCUT2D eigenvalue weighted by Crippen LogP contribution is 2.25. The first kappa shape index (κ1) is 17.2. The highest BCUT2D eigenvalue weighted by atomic mass is 32.1. The zero-order valence-corrected chi connectivity index (χ0v) is 16.1. The van der Waals surface area contributed by atoms with Gasteiger partial charge in [-0.2, -0.15) is 5.10 Å². The number of piperidine rings is 1. The van der Waals surface area contributed by atoms with Gasteiger partial charge < -0.3 is 4.90 Å². The Labute approximate surface area is 157 Å². The Balaban J connectivity index is 1.59. The van der Waals surface area contributed by atoms with Crippen molar-refractivity contribution in [2.75, 3.05) is 6.54 Å². The molecule has 0 unspecified atom stereocenters. The smallest absolute Gasteiger partial charge is 0.259 e. The van der Waals surface area contributed by atoms with Gasteiger partial charge in [-0.25, -0.2) is 9.50 Å². The van der Waals surface area contributed by atoms with Crippen molar-refractivity contribution in [1.29, 1.82) is 0 Å². The van der Waals surface area contributed by atoms with E-state index in [-0.39, 0.29) is 5.91 Å². The van der Waals surface area contributed by atoms with Crippen molar-refractivity contribution in [3.8, 4) is 0 Å². The normalized spacial score (nSPS) is 17.8. The van der Waals surface area contributed by atoms with Gasteiger partial charge in [0.1, 0.15) is 5.56 Å². The lowest BCUT2D eigenvalue weighted by Gasteiger charge is -2.35. The van der Waals surface area contributed by atoms with Gasteiger partial charge in [-0.1, -0.05) is 6.07 Å². The molecule has 1 aliphatic rings. The van der Waals surface area contributed by atoms with Crippen LogP contribution in [0.3, 0.4) is 0 Å². The molecule has 3 aromatic heterocycles. The first-order chi connectivity index (χ1) is 12.6. The Morgan fingerprint density at radius 2 is 2.23 bits per heavy atom. The molecule has 0 aromatic carbocycles. The Hall–Kier alpha value is -2.21. The molecule has 4 heterocycles. The summed E-state index contributed by atoms with van der Waals surface area (Å²) >= 11 is 1.80. The molecule has 0 N–H and O–H groups in total. The third-order valence-electron chi connectivity index (χ3n) is 5.20. The number of rotatable bonds is 4. The monoisotopic (exact) mass is 368 g/mol. The summed E-state index contributed by atoms with van der Waals surface area (Å²) in [6.45, 7) is 4.78. The summed E-state index contributed by atoms with van der Waals surface area (Å²) in [4.78, 5) is 21.3. The maximum Gasteiger partial charge on any atom is 0.259 e. The van der Waals surface area contributed by atoms with Crippen molar-refractivity contribution in [2.24, 2.45) is 0 Å². The van der Waals surface area contributed by atoms with Crippen molar-refractivity contribution < 1.29 is 4.79 Å². The fourth-order valence-corrected chi connectivity index (χ4v) is 4.63. The predicted molar refractivity (Wildman–Crippen MR) is 104 cm³/mol. The fourth-order valence-electron chi connectivity index (χ4n) is 3.91. The molecule has 0 radical (unpaired) electrons. The number of aromatic nitrogens is 3. The second-order valence-corrected chi connectivity index (χ2v) is 8.13. The van der Waals surface area contributed by atoms with Crippen LogP contribution in [0.15, 0.2) is 29.8 Å². The van der Waals surface area contributed by atoms with Crippen LogP contribution in [0.4, 0.5) is 0 Å². The molecule has 26 heavy (non-hydrogen) atoms. The lowest BCUT2D eigenvalue weighted by molar-refractivity contribution is 0.0604. The van der Waals surface area contributed by atoms with Crippen LogP contribution in [0, 0.1) is 13.8 Å². The molecule has 0 spiro atoms. The van der Waals surface area contributed by atoms with Gasteiger partial charge in [-0.3, -0.25) is 4.79 Å². The number of likely N-dealkylation sites (tertiary alicyclic amines) is 1. The largest absolute Gasteiger partial charge is 0.335 e. The molecular weight excluding hydrogens is 344 g/mol. The number of thiophene rings is 1. The van der Waals surface area contributed by atoms with E-state index in [2.05, 4.69) is 32.5 Å². The van der Waals surface area contributed by atoms with Crippen LogP contribution in [0.25, 0.3) is 5.65 Å². The SMILES string of the molecule is Cc1cc(C)n2ncc(C(=O)N3CCCC[C@H]3CCc3cccs3)c2n1. The molecule has 136 valence electrons. The van der Waals surface area contributed by atoms with Crippen LogP contribution < -0.4 is 0 Å². The van der Waals surface area contributed by atoms with Crippen LogP contribution in [-0.4, -0.2) is 38.0 Å². The van der Waals surface area contributed by atoms with Crippen molar-refractivity contribution in [1.82, 2.24) is 19.5 Å². The average Bonchev–Trinajstić information content (AvgIpc) is 3.29. The molecule has 4 rings (SSSR count). The van der Waals surface area contributed by atoms with Crippen molar-refractivity contribution in [3.05, 3.63) is 51.6 Å². The lowest BCUT2D eigenvalue weighted by atomic mass is 9.97. The van der Waals surface area contributed by atoms with Crippen molar-refractivity contribution >= 4 is 22.9 Å². The third-order valence-corrected chi connectivity index (χ3v) is 6.14. The van der Waals surface area contributed by atoms with Crippen molar-refractivity contribution in [3.63, 3.8) is 0 Å². The number of amides is 1. The number of carbonyl (C=O) groups is 1. The van der Waals surface area contributed by atoms with E-state index in [9.17, 15) is 4.79 Å². The Kier molecular flexibility index (Phi) is 4.76. The van der Waals surface area contributed by atoms with Crippen LogP contribution in [0.1, 0.15) is 52.3 Å². The van der Waals surface area contributed by atoms with E-state index in [1.165, 1.54) is 11.3 Å². The number of fused-ring (bicyclic) bond motifs is 1. The molecule has 3 aromatic rings. The molecule has 1 saturated heterocycles. The quantitative estimate of drug-likeness (QED) is 0.698. The molecule has 1 fully saturated rings. The summed E-state index contributed by atoms with van der Waals surface area (Å²) < 4.78 is 1.77. The van der Waals surface area contributed by atoms with Gasteiger partial charge in [-0.15, -0.1) is 11.3 Å². The van der Waals surface area contributed by atoms with E-state index >= 15 is 0 Å². The molecule has 0 bridgehead atoms. The van der Waals surface area contributed by atoms with Gasteiger partial charge >= 0.3 is 0 Å². The molecular formula is C20H24N4OS. The van der Waals surface area contributed by atoms with Crippen molar-refractivity contribution in [2.45, 2.75) is 52.0 Å². The van der Waals surface area contributed by atoms with Gasteiger partial charge in [0, 0.05) is 28.9 Å². The Morgan fingerprint density at radius 3 is 3.04 bits per heavy atom. The number of hydrogen-bond acceptors (Lipinski definition) is 4. The van der Waals surface area contributed by atoms with E-state index in [0.717, 1.165) is 43.6 Å². The predicted octanol–water partition coefficient (Wildman–Crippen LogP) is 4.04. The lowest BCUT2D eigenvalue weighted by Crippen LogP contribution is -2.44. The van der Waals surface area contributed by atoms with E-state index < -0.39 is 0 Å². The van der Waals surface area contributed by atoms with E-state index in [0.29, 0.717) is 17.3 Å². The van der Waals surface area contributed by atoms with E-state index in [4.69, 9.17) is 0 Å². The first-order valence-corrected chi connectivity index (χ1v) is 10.2. The molecule has 1 atom stereocenters. The molecule has 5 nitrogen and oxygen atoms in total. The second-order valence-electron chi connectivity index (χ2n) is 7.10. The Bertz CT molecular complexity index is 915. The Morgan fingerprint density at radius 1 is 1.35 bits per heavy atom. The highest BCUT2D eigenvalue weighted by molar-refractivity contribution is 7.09. The zero-order valence-electron chi connectivity index (χ0n) is 15.3. The fraction of sp³-hybridized carbons (Fsp3) is 0.450. The van der Waals surface area contributed by atoms with Gasteiger partial charge in [0.15, 0.2) is 5.65 Å². The van der Waals surface area contributed by atoms with Crippen LogP contribution in [0.2, 0.25) is 0 Å². The minimum Gasteiger partial charge on any atom is -0.335 e. The van der Waals surface area contributed by atoms with Crippen LogP contribution in [0.5, 0.6) is 0 Å². The van der Waals surface area contributed by atoms with Gasteiger partial charge in [0.25, 0.3) is 5.91 Å². The average molecular weight is 369 g/mol. The summed E-state index contributed by atoms with van der Waals surface area (Å²) in [7, 11) is 0. The summed E-state index contributed by atoms with van der Waals surface area (Å²) in [6.07, 6.45) is 7.11. The summed E-state index contributed by atoms with van der Waals surface area (Å²) in [5.74, 6) is 0.0772. The summed E-state index contributed by atoms with van der Waals surface area (Å²) in [5, 5.41) is 6.51. The molecule has 1 amide bonds. The maximum atomic E-state index is 13.3. The summed E-state index contributed by atoms with van der Waals surface area (Å²) in [5.41, 5.74) is 3.21.